The van der Waals surface area contributed by atoms with E-state index in [9.17, 15) is 14.0 Å². The van der Waals surface area contributed by atoms with E-state index in [4.69, 9.17) is 14.2 Å². The number of hydrogen-bond donors (Lipinski definition) is 1. The zero-order chi connectivity index (χ0) is 21.4. The van der Waals surface area contributed by atoms with Crippen LogP contribution >= 0.6 is 15.9 Å². The van der Waals surface area contributed by atoms with Crippen LogP contribution in [0.5, 0.6) is 11.5 Å². The average Bonchev–Trinajstić information content (AvgIpc) is 2.69. The smallest absolute Gasteiger partial charge is 0.331 e. The molecular weight excluding hydrogens is 445 g/mol. The first-order chi connectivity index (χ1) is 13.8. The van der Waals surface area contributed by atoms with Gasteiger partial charge in [-0.3, -0.25) is 4.79 Å². The maximum absolute atomic E-state index is 13.8. The maximum atomic E-state index is 13.8. The highest BCUT2D eigenvalue weighted by atomic mass is 79.9. The second kappa shape index (κ2) is 10.6. The van der Waals surface area contributed by atoms with Crippen LogP contribution in [0.4, 0.5) is 10.1 Å². The van der Waals surface area contributed by atoms with Gasteiger partial charge in [0.15, 0.2) is 17.6 Å². The van der Waals surface area contributed by atoms with Crippen molar-refractivity contribution in [2.24, 2.45) is 0 Å². The molecule has 0 unspecified atom stereocenters. The molecule has 0 aliphatic heterocycles. The van der Waals surface area contributed by atoms with E-state index in [-0.39, 0.29) is 5.69 Å². The predicted octanol–water partition coefficient (Wildman–Crippen LogP) is 4.58. The summed E-state index contributed by atoms with van der Waals surface area (Å²) in [4.78, 5) is 24.1. The van der Waals surface area contributed by atoms with Crippen LogP contribution in [0.2, 0.25) is 0 Å². The van der Waals surface area contributed by atoms with E-state index in [2.05, 4.69) is 21.2 Å². The number of halogens is 2. The summed E-state index contributed by atoms with van der Waals surface area (Å²) in [6.45, 7) is 3.77. The Bertz CT molecular complexity index is 916. The van der Waals surface area contributed by atoms with Gasteiger partial charge in [-0.1, -0.05) is 22.0 Å². The number of methoxy groups -OCH3 is 1. The van der Waals surface area contributed by atoms with E-state index in [0.717, 1.165) is 0 Å². The minimum absolute atomic E-state index is 0.00174. The van der Waals surface area contributed by atoms with Gasteiger partial charge in [-0.05, 0) is 55.8 Å². The highest BCUT2D eigenvalue weighted by molar-refractivity contribution is 9.10. The molecule has 0 aliphatic carbocycles. The molecule has 1 amide bonds. The Morgan fingerprint density at radius 2 is 1.97 bits per heavy atom. The molecule has 0 bridgehead atoms. The second-order valence-electron chi connectivity index (χ2n) is 5.87. The third kappa shape index (κ3) is 6.60. The summed E-state index contributed by atoms with van der Waals surface area (Å²) in [7, 11) is 1.52. The molecule has 0 saturated heterocycles. The molecule has 2 rings (SSSR count). The molecule has 1 N–H and O–H groups in total. The van der Waals surface area contributed by atoms with E-state index < -0.39 is 23.8 Å². The topological polar surface area (TPSA) is 73.9 Å². The molecule has 0 heterocycles. The van der Waals surface area contributed by atoms with Crippen molar-refractivity contribution in [2.45, 2.75) is 20.0 Å². The molecule has 1 atom stereocenters. The molecule has 8 heteroatoms. The van der Waals surface area contributed by atoms with E-state index in [0.29, 0.717) is 28.1 Å². The lowest BCUT2D eigenvalue weighted by Crippen LogP contribution is -2.29. The van der Waals surface area contributed by atoms with Crippen molar-refractivity contribution in [3.63, 3.8) is 0 Å². The lowest BCUT2D eigenvalue weighted by molar-refractivity contribution is -0.148. The first kappa shape index (κ1) is 22.4. The summed E-state index contributed by atoms with van der Waals surface area (Å²) in [6.07, 6.45) is 1.61. The second-order valence-corrected chi connectivity index (χ2v) is 6.78. The van der Waals surface area contributed by atoms with Crippen LogP contribution in [0.3, 0.4) is 0 Å². The van der Waals surface area contributed by atoms with E-state index in [1.54, 1.807) is 24.3 Å². The van der Waals surface area contributed by atoms with Gasteiger partial charge in [0.1, 0.15) is 5.82 Å². The predicted molar refractivity (Wildman–Crippen MR) is 111 cm³/mol. The normalized spacial score (nSPS) is 11.8. The van der Waals surface area contributed by atoms with Crippen molar-refractivity contribution in [1.82, 2.24) is 0 Å². The Labute approximate surface area is 176 Å². The van der Waals surface area contributed by atoms with Crippen LogP contribution < -0.4 is 14.8 Å². The lowest BCUT2D eigenvalue weighted by Gasteiger charge is -2.13. The summed E-state index contributed by atoms with van der Waals surface area (Å²) in [5.74, 6) is -0.824. The highest BCUT2D eigenvalue weighted by Gasteiger charge is 2.18. The van der Waals surface area contributed by atoms with E-state index in [1.165, 1.54) is 38.3 Å². The van der Waals surface area contributed by atoms with Gasteiger partial charge in [-0.15, -0.1) is 0 Å². The minimum atomic E-state index is -1.11. The van der Waals surface area contributed by atoms with E-state index in [1.807, 2.05) is 6.92 Å². The Hall–Kier alpha value is -2.87. The first-order valence-electron chi connectivity index (χ1n) is 8.79. The molecule has 0 aromatic heterocycles. The van der Waals surface area contributed by atoms with Gasteiger partial charge < -0.3 is 19.5 Å². The van der Waals surface area contributed by atoms with Gasteiger partial charge in [0, 0.05) is 10.5 Å². The standard InChI is InChI=1S/C21H21BrFNO5/c1-4-28-18-9-5-14(11-19(18)27-3)6-10-20(25)29-13(2)21(26)24-17-8-7-15(22)12-16(17)23/h5-13H,4H2,1-3H3,(H,24,26)/b10-6-/t13-/m1/s1. The number of carbonyl (C=O) groups excluding carboxylic acids is 2. The van der Waals surface area contributed by atoms with Crippen LogP contribution in [0.1, 0.15) is 19.4 Å². The largest absolute Gasteiger partial charge is 0.493 e. The molecular formula is C21H21BrFNO5. The number of benzene rings is 2. The Balaban J connectivity index is 1.96. The maximum Gasteiger partial charge on any atom is 0.331 e. The lowest BCUT2D eigenvalue weighted by atomic mass is 10.2. The van der Waals surface area contributed by atoms with Crippen molar-refractivity contribution in [1.29, 1.82) is 0 Å². The zero-order valence-corrected chi connectivity index (χ0v) is 17.8. The van der Waals surface area contributed by atoms with Crippen LogP contribution in [0, 0.1) is 5.82 Å². The van der Waals surface area contributed by atoms with Crippen LogP contribution in [0.25, 0.3) is 6.08 Å². The molecule has 154 valence electrons. The van der Waals surface area contributed by atoms with Gasteiger partial charge >= 0.3 is 5.97 Å². The molecule has 0 spiro atoms. The third-order valence-corrected chi connectivity index (χ3v) is 4.24. The number of carbonyl (C=O) groups is 2. The number of nitrogens with one attached hydrogen (secondary N) is 1. The zero-order valence-electron chi connectivity index (χ0n) is 16.2. The first-order valence-corrected chi connectivity index (χ1v) is 9.58. The van der Waals surface area contributed by atoms with E-state index >= 15 is 0 Å². The Morgan fingerprint density at radius 3 is 2.62 bits per heavy atom. The van der Waals surface area contributed by atoms with Crippen molar-refractivity contribution in [3.05, 3.63) is 58.3 Å². The van der Waals surface area contributed by atoms with Gasteiger partial charge in [0.25, 0.3) is 5.91 Å². The number of hydrogen-bond acceptors (Lipinski definition) is 5. The molecule has 0 fully saturated rings. The molecule has 29 heavy (non-hydrogen) atoms. The monoisotopic (exact) mass is 465 g/mol. The molecule has 0 saturated carbocycles. The summed E-state index contributed by atoms with van der Waals surface area (Å²) < 4.78 is 30.1. The van der Waals surface area contributed by atoms with Crippen molar-refractivity contribution in [2.75, 3.05) is 19.0 Å². The average molecular weight is 466 g/mol. The summed E-state index contributed by atoms with van der Waals surface area (Å²) >= 11 is 3.14. The fourth-order valence-corrected chi connectivity index (χ4v) is 2.65. The summed E-state index contributed by atoms with van der Waals surface area (Å²) in [5, 5.41) is 2.38. The SMILES string of the molecule is CCOc1ccc(/C=C\C(=O)O[C@H](C)C(=O)Nc2ccc(Br)cc2F)cc1OC. The Kier molecular flexibility index (Phi) is 8.21. The van der Waals surface area contributed by atoms with Crippen molar-refractivity contribution in [3.8, 4) is 11.5 Å². The van der Waals surface area contributed by atoms with Crippen LogP contribution in [-0.2, 0) is 14.3 Å². The number of esters is 1. The Morgan fingerprint density at radius 1 is 1.21 bits per heavy atom. The molecule has 2 aromatic carbocycles. The van der Waals surface area contributed by atoms with Crippen LogP contribution in [-0.4, -0.2) is 31.7 Å². The van der Waals surface area contributed by atoms with Gasteiger partial charge in [-0.2, -0.15) is 0 Å². The highest BCUT2D eigenvalue weighted by Crippen LogP contribution is 2.28. The number of amides is 1. The molecule has 2 aromatic rings. The number of ether oxygens (including phenoxy) is 3. The van der Waals surface area contributed by atoms with Crippen molar-refractivity contribution >= 4 is 39.6 Å². The van der Waals surface area contributed by atoms with Gasteiger partial charge in [-0.25, -0.2) is 9.18 Å². The molecule has 0 aliphatic rings. The molecule has 0 radical (unpaired) electrons. The van der Waals surface area contributed by atoms with Crippen LogP contribution in [0.15, 0.2) is 46.9 Å². The third-order valence-electron chi connectivity index (χ3n) is 3.75. The van der Waals surface area contributed by atoms with Gasteiger partial charge in [0.2, 0.25) is 0 Å². The number of anilines is 1. The van der Waals surface area contributed by atoms with Gasteiger partial charge in [0.05, 0.1) is 19.4 Å². The fraction of sp³-hybridized carbons (Fsp3) is 0.238. The van der Waals surface area contributed by atoms with Crippen molar-refractivity contribution < 1.29 is 28.2 Å². The number of rotatable bonds is 8. The fourth-order valence-electron chi connectivity index (χ4n) is 2.32. The minimum Gasteiger partial charge on any atom is -0.493 e. The summed E-state index contributed by atoms with van der Waals surface area (Å²) in [6, 6.07) is 9.41. The molecule has 6 nitrogen and oxygen atoms in total. The summed E-state index contributed by atoms with van der Waals surface area (Å²) in [5.41, 5.74) is 0.689. The quantitative estimate of drug-likeness (QED) is 0.456.